The maximum Gasteiger partial charge on any atom is 0.255 e. The van der Waals surface area contributed by atoms with Crippen LogP contribution in [0.5, 0.6) is 0 Å². The molecule has 5 nitrogen and oxygen atoms in total. The van der Waals surface area contributed by atoms with Crippen LogP contribution in [0.3, 0.4) is 0 Å². The molecule has 136 valence electrons. The van der Waals surface area contributed by atoms with Crippen LogP contribution < -0.4 is 5.32 Å². The lowest BCUT2D eigenvalue weighted by Crippen LogP contribution is -2.24. The largest absolute Gasteiger partial charge is 0.467 e. The van der Waals surface area contributed by atoms with Gasteiger partial charge in [0.05, 0.1) is 35.4 Å². The molecule has 2 aromatic heterocycles. The van der Waals surface area contributed by atoms with Crippen molar-refractivity contribution >= 4 is 5.91 Å². The van der Waals surface area contributed by atoms with Gasteiger partial charge in [-0.2, -0.15) is 5.10 Å². The van der Waals surface area contributed by atoms with Crippen molar-refractivity contribution in [2.24, 2.45) is 0 Å². The number of nitrogens with zero attached hydrogens (tertiary/aromatic N) is 2. The van der Waals surface area contributed by atoms with Gasteiger partial charge >= 0.3 is 0 Å². The Morgan fingerprint density at radius 2 is 2.00 bits per heavy atom. The number of rotatable bonds is 7. The number of furan rings is 1. The number of nitrogens with one attached hydrogen (secondary N) is 1. The summed E-state index contributed by atoms with van der Waals surface area (Å²) in [5.41, 5.74) is 2.92. The Balaban J connectivity index is 1.96. The lowest BCUT2D eigenvalue weighted by Gasteiger charge is -2.08. The molecule has 0 bridgehead atoms. The van der Waals surface area contributed by atoms with Crippen LogP contribution in [0.2, 0.25) is 0 Å². The highest BCUT2D eigenvalue weighted by Crippen LogP contribution is 2.21. The Bertz CT molecular complexity index is 867. The minimum Gasteiger partial charge on any atom is -0.467 e. The molecule has 26 heavy (non-hydrogen) atoms. The Labute approximate surface area is 151 Å². The van der Waals surface area contributed by atoms with Crippen LogP contribution in [0.4, 0.5) is 4.39 Å². The van der Waals surface area contributed by atoms with Gasteiger partial charge in [0, 0.05) is 0 Å². The number of carbonyl (C=O) groups excluding carboxylic acids is 1. The highest BCUT2D eigenvalue weighted by atomic mass is 19.1. The molecule has 0 spiro atoms. The monoisotopic (exact) mass is 355 g/mol. The fourth-order valence-electron chi connectivity index (χ4n) is 2.97. The molecule has 1 N–H and O–H groups in total. The number of carbonyl (C=O) groups is 1. The van der Waals surface area contributed by atoms with Crippen molar-refractivity contribution in [2.75, 3.05) is 0 Å². The molecule has 1 aromatic carbocycles. The molecule has 2 heterocycles. The highest BCUT2D eigenvalue weighted by molar-refractivity contribution is 5.96. The van der Waals surface area contributed by atoms with Crippen molar-refractivity contribution in [1.29, 1.82) is 0 Å². The third kappa shape index (κ3) is 3.69. The lowest BCUT2D eigenvalue weighted by molar-refractivity contribution is 0.0946. The van der Waals surface area contributed by atoms with Crippen LogP contribution in [-0.2, 0) is 19.4 Å². The smallest absolute Gasteiger partial charge is 0.255 e. The molecule has 0 aliphatic carbocycles. The van der Waals surface area contributed by atoms with Gasteiger partial charge in [-0.1, -0.05) is 20.3 Å². The average Bonchev–Trinajstić information content (AvgIpc) is 3.28. The SMILES string of the molecule is CCCc1nn(-c2ccc(F)cc2)c(CC)c1C(=O)NCc1ccco1. The molecule has 0 fully saturated rings. The summed E-state index contributed by atoms with van der Waals surface area (Å²) in [6.45, 7) is 4.35. The number of aryl methyl sites for hydroxylation is 1. The van der Waals surface area contributed by atoms with Crippen LogP contribution in [0.25, 0.3) is 5.69 Å². The topological polar surface area (TPSA) is 60.1 Å². The van der Waals surface area contributed by atoms with Crippen molar-refractivity contribution in [3.05, 3.63) is 71.2 Å². The lowest BCUT2D eigenvalue weighted by atomic mass is 10.1. The summed E-state index contributed by atoms with van der Waals surface area (Å²) in [5.74, 6) is 0.221. The minimum absolute atomic E-state index is 0.171. The van der Waals surface area contributed by atoms with Gasteiger partial charge in [-0.05, 0) is 49.2 Å². The van der Waals surface area contributed by atoms with Crippen LogP contribution in [0.1, 0.15) is 47.8 Å². The number of halogens is 1. The minimum atomic E-state index is -0.302. The standard InChI is InChI=1S/C20H22FN3O2/c1-3-6-17-19(20(25)22-13-16-7-5-12-26-16)18(4-2)24(23-17)15-10-8-14(21)9-11-15/h5,7-12H,3-4,6,13H2,1-2H3,(H,22,25). The first kappa shape index (κ1) is 17.9. The average molecular weight is 355 g/mol. The van der Waals surface area contributed by atoms with Gasteiger partial charge in [-0.15, -0.1) is 0 Å². The van der Waals surface area contributed by atoms with Crippen molar-refractivity contribution in [1.82, 2.24) is 15.1 Å². The molecular formula is C20H22FN3O2. The van der Waals surface area contributed by atoms with Gasteiger partial charge in [0.2, 0.25) is 0 Å². The summed E-state index contributed by atoms with van der Waals surface area (Å²) in [6.07, 6.45) is 3.79. The van der Waals surface area contributed by atoms with E-state index < -0.39 is 0 Å². The molecule has 0 unspecified atom stereocenters. The van der Waals surface area contributed by atoms with Crippen LogP contribution in [0, 0.1) is 5.82 Å². The number of hydrogen-bond donors (Lipinski definition) is 1. The molecule has 0 saturated carbocycles. The Morgan fingerprint density at radius 1 is 1.23 bits per heavy atom. The summed E-state index contributed by atoms with van der Waals surface area (Å²) in [7, 11) is 0. The van der Waals surface area contributed by atoms with E-state index in [-0.39, 0.29) is 11.7 Å². The molecular weight excluding hydrogens is 333 g/mol. The molecule has 0 radical (unpaired) electrons. The Kier molecular flexibility index (Phi) is 5.51. The number of amides is 1. The molecule has 0 aliphatic rings. The van der Waals surface area contributed by atoms with Crippen molar-refractivity contribution in [2.45, 2.75) is 39.7 Å². The maximum absolute atomic E-state index is 13.3. The van der Waals surface area contributed by atoms with Gasteiger partial charge in [-0.3, -0.25) is 4.79 Å². The van der Waals surface area contributed by atoms with Gasteiger partial charge in [0.15, 0.2) is 0 Å². The first-order valence-corrected chi connectivity index (χ1v) is 8.81. The Morgan fingerprint density at radius 3 is 2.62 bits per heavy atom. The van der Waals surface area contributed by atoms with E-state index in [4.69, 9.17) is 4.42 Å². The fourth-order valence-corrected chi connectivity index (χ4v) is 2.97. The van der Waals surface area contributed by atoms with E-state index in [1.807, 2.05) is 19.9 Å². The molecule has 1 amide bonds. The van der Waals surface area contributed by atoms with Gasteiger partial charge in [0.1, 0.15) is 11.6 Å². The van der Waals surface area contributed by atoms with Gasteiger partial charge < -0.3 is 9.73 Å². The second-order valence-corrected chi connectivity index (χ2v) is 6.02. The predicted octanol–water partition coefficient (Wildman–Crippen LogP) is 4.05. The fraction of sp³-hybridized carbons (Fsp3) is 0.300. The molecule has 0 atom stereocenters. The Hall–Kier alpha value is -2.89. The van der Waals surface area contributed by atoms with Crippen molar-refractivity contribution in [3.63, 3.8) is 0 Å². The molecule has 3 aromatic rings. The van der Waals surface area contributed by atoms with Crippen molar-refractivity contribution < 1.29 is 13.6 Å². The normalized spacial score (nSPS) is 10.9. The van der Waals surface area contributed by atoms with E-state index in [1.54, 1.807) is 29.1 Å². The highest BCUT2D eigenvalue weighted by Gasteiger charge is 2.23. The second-order valence-electron chi connectivity index (χ2n) is 6.02. The summed E-state index contributed by atoms with van der Waals surface area (Å²) < 4.78 is 20.3. The first-order chi connectivity index (χ1) is 12.6. The van der Waals surface area contributed by atoms with Crippen LogP contribution in [-0.4, -0.2) is 15.7 Å². The first-order valence-electron chi connectivity index (χ1n) is 8.81. The van der Waals surface area contributed by atoms with E-state index >= 15 is 0 Å². The number of benzene rings is 1. The van der Waals surface area contributed by atoms with E-state index in [2.05, 4.69) is 10.4 Å². The van der Waals surface area contributed by atoms with Crippen molar-refractivity contribution in [3.8, 4) is 5.69 Å². The summed E-state index contributed by atoms with van der Waals surface area (Å²) in [6, 6.07) is 9.73. The van der Waals surface area contributed by atoms with Gasteiger partial charge in [-0.25, -0.2) is 9.07 Å². The summed E-state index contributed by atoms with van der Waals surface area (Å²) in [5, 5.41) is 7.55. The van der Waals surface area contributed by atoms with Crippen LogP contribution >= 0.6 is 0 Å². The van der Waals surface area contributed by atoms with E-state index in [0.29, 0.717) is 30.7 Å². The molecule has 6 heteroatoms. The zero-order valence-electron chi connectivity index (χ0n) is 15.0. The zero-order chi connectivity index (χ0) is 18.5. The third-order valence-corrected chi connectivity index (χ3v) is 4.18. The molecule has 3 rings (SSSR count). The maximum atomic E-state index is 13.3. The molecule has 0 saturated heterocycles. The van der Waals surface area contributed by atoms with Crippen LogP contribution in [0.15, 0.2) is 47.1 Å². The third-order valence-electron chi connectivity index (χ3n) is 4.18. The van der Waals surface area contributed by atoms with E-state index in [9.17, 15) is 9.18 Å². The summed E-state index contributed by atoms with van der Waals surface area (Å²) in [4.78, 5) is 12.8. The second kappa shape index (κ2) is 7.99. The quantitative estimate of drug-likeness (QED) is 0.695. The number of aromatic nitrogens is 2. The van der Waals surface area contributed by atoms with E-state index in [0.717, 1.165) is 23.5 Å². The zero-order valence-corrected chi connectivity index (χ0v) is 15.0. The number of hydrogen-bond acceptors (Lipinski definition) is 3. The van der Waals surface area contributed by atoms with E-state index in [1.165, 1.54) is 12.1 Å². The molecule has 0 aliphatic heterocycles. The van der Waals surface area contributed by atoms with Gasteiger partial charge in [0.25, 0.3) is 5.91 Å². The predicted molar refractivity (Wildman–Crippen MR) is 96.8 cm³/mol. The summed E-state index contributed by atoms with van der Waals surface area (Å²) >= 11 is 0.